The quantitative estimate of drug-likeness (QED) is 0.822. The van der Waals surface area contributed by atoms with Gasteiger partial charge in [-0.3, -0.25) is 9.59 Å². The topological polar surface area (TPSA) is 88.9 Å². The minimum atomic E-state index is -1.23. The van der Waals surface area contributed by atoms with Gasteiger partial charge in [0.05, 0.1) is 17.4 Å². The molecule has 1 saturated heterocycles. The number of nitrogens with zero attached hydrogens (tertiary/aromatic N) is 1. The zero-order chi connectivity index (χ0) is 19.7. The minimum absolute atomic E-state index is 0.0615. The molecule has 1 fully saturated rings. The number of ether oxygens (including phenoxy) is 1. The van der Waals surface area contributed by atoms with Crippen LogP contribution in [0.4, 0.5) is 0 Å². The fraction of sp³-hybridized carbons (Fsp3) is 0.381. The first-order valence-corrected chi connectivity index (χ1v) is 9.40. The van der Waals surface area contributed by atoms with E-state index < -0.39 is 11.6 Å². The predicted octanol–water partition coefficient (Wildman–Crippen LogP) is 2.17. The van der Waals surface area contributed by atoms with E-state index in [-0.39, 0.29) is 17.9 Å². The number of benzene rings is 1. The first-order chi connectivity index (χ1) is 13.5. The number of cyclic esters (lactones) is 1. The minimum Gasteiger partial charge on any atom is -0.472 e. The Balaban J connectivity index is 1.36. The van der Waals surface area contributed by atoms with Crippen LogP contribution >= 0.6 is 0 Å². The number of hydrogen-bond acceptors (Lipinski definition) is 5. The van der Waals surface area contributed by atoms with Gasteiger partial charge in [-0.2, -0.15) is 0 Å². The van der Waals surface area contributed by atoms with E-state index in [1.807, 2.05) is 12.1 Å². The van der Waals surface area contributed by atoms with Crippen molar-refractivity contribution in [1.29, 1.82) is 0 Å². The zero-order valence-electron chi connectivity index (χ0n) is 15.6. The van der Waals surface area contributed by atoms with Crippen molar-refractivity contribution in [3.8, 4) is 0 Å². The summed E-state index contributed by atoms with van der Waals surface area (Å²) in [6, 6.07) is 8.77. The molecule has 0 aliphatic carbocycles. The summed E-state index contributed by atoms with van der Waals surface area (Å²) < 4.78 is 10.5. The van der Waals surface area contributed by atoms with Gasteiger partial charge < -0.3 is 19.4 Å². The summed E-state index contributed by atoms with van der Waals surface area (Å²) >= 11 is 0. The van der Waals surface area contributed by atoms with E-state index >= 15 is 0 Å². The molecule has 2 amide bonds. The summed E-state index contributed by atoms with van der Waals surface area (Å²) in [5.41, 5.74) is 0.633. The van der Waals surface area contributed by atoms with Gasteiger partial charge in [0.2, 0.25) is 0 Å². The molecule has 1 aromatic carbocycles. The Labute approximate surface area is 162 Å². The van der Waals surface area contributed by atoms with Crippen LogP contribution in [0.5, 0.6) is 0 Å². The molecule has 4 rings (SSSR count). The molecule has 2 aliphatic heterocycles. The van der Waals surface area contributed by atoms with Crippen molar-refractivity contribution in [1.82, 2.24) is 10.2 Å². The Kier molecular flexibility index (Phi) is 4.66. The third-order valence-corrected chi connectivity index (χ3v) is 5.45. The van der Waals surface area contributed by atoms with E-state index in [4.69, 9.17) is 9.15 Å². The molecule has 1 aromatic heterocycles. The molecule has 0 radical (unpaired) electrons. The molecule has 7 nitrogen and oxygen atoms in total. The van der Waals surface area contributed by atoms with Gasteiger partial charge in [0.15, 0.2) is 5.60 Å². The Morgan fingerprint density at radius 3 is 2.64 bits per heavy atom. The fourth-order valence-electron chi connectivity index (χ4n) is 3.79. The number of rotatable bonds is 3. The monoisotopic (exact) mass is 382 g/mol. The Morgan fingerprint density at radius 1 is 1.18 bits per heavy atom. The summed E-state index contributed by atoms with van der Waals surface area (Å²) in [6.07, 6.45) is 4.56. The van der Waals surface area contributed by atoms with Crippen molar-refractivity contribution >= 4 is 17.8 Å². The van der Waals surface area contributed by atoms with Crippen LogP contribution in [0.15, 0.2) is 47.3 Å². The number of fused-ring (bicyclic) bond motifs is 1. The lowest BCUT2D eigenvalue weighted by molar-refractivity contribution is -0.140. The highest BCUT2D eigenvalue weighted by Crippen LogP contribution is 2.28. The van der Waals surface area contributed by atoms with Gasteiger partial charge in [-0.15, -0.1) is 0 Å². The lowest BCUT2D eigenvalue weighted by Gasteiger charge is -2.36. The fourth-order valence-corrected chi connectivity index (χ4v) is 3.79. The van der Waals surface area contributed by atoms with Crippen LogP contribution in [0.2, 0.25) is 0 Å². The van der Waals surface area contributed by atoms with Crippen molar-refractivity contribution < 1.29 is 23.5 Å². The van der Waals surface area contributed by atoms with Crippen molar-refractivity contribution in [3.05, 3.63) is 59.5 Å². The smallest absolute Gasteiger partial charge is 0.339 e. The number of piperidine rings is 1. The van der Waals surface area contributed by atoms with Crippen molar-refractivity contribution in [2.24, 2.45) is 0 Å². The summed E-state index contributed by atoms with van der Waals surface area (Å²) in [5, 5.41) is 3.00. The Hall–Kier alpha value is -3.09. The number of hydrogen-bond donors (Lipinski definition) is 1. The van der Waals surface area contributed by atoms with Gasteiger partial charge in [-0.05, 0) is 37.5 Å². The molecule has 2 aromatic rings. The van der Waals surface area contributed by atoms with Gasteiger partial charge in [-0.1, -0.05) is 18.2 Å². The number of esters is 1. The number of nitrogens with one attached hydrogen (secondary N) is 1. The summed E-state index contributed by atoms with van der Waals surface area (Å²) in [5.74, 6) is -0.835. The molecule has 146 valence electrons. The number of likely N-dealkylation sites (tertiary alicyclic amines) is 1. The summed E-state index contributed by atoms with van der Waals surface area (Å²) in [6.45, 7) is 2.75. The summed E-state index contributed by atoms with van der Waals surface area (Å²) in [7, 11) is 0. The van der Waals surface area contributed by atoms with Crippen LogP contribution in [0.3, 0.4) is 0 Å². The van der Waals surface area contributed by atoms with Gasteiger partial charge in [0.25, 0.3) is 11.8 Å². The van der Waals surface area contributed by atoms with E-state index in [9.17, 15) is 14.4 Å². The SMILES string of the molecule is C[C@]1(C(=O)NC2CCN(C(=O)c3ccoc3)CC2)Cc2ccccc2C(=O)O1. The second-order valence-electron chi connectivity index (χ2n) is 7.51. The van der Waals surface area contributed by atoms with Gasteiger partial charge >= 0.3 is 5.97 Å². The van der Waals surface area contributed by atoms with E-state index in [0.29, 0.717) is 43.5 Å². The van der Waals surface area contributed by atoms with Crippen LogP contribution in [-0.4, -0.2) is 47.4 Å². The molecule has 3 heterocycles. The molecule has 0 saturated carbocycles. The van der Waals surface area contributed by atoms with Crippen LogP contribution < -0.4 is 5.32 Å². The van der Waals surface area contributed by atoms with Gasteiger partial charge in [0, 0.05) is 25.6 Å². The van der Waals surface area contributed by atoms with Crippen LogP contribution in [0.1, 0.15) is 46.0 Å². The lowest BCUT2D eigenvalue weighted by atomic mass is 9.89. The van der Waals surface area contributed by atoms with Crippen LogP contribution in [0.25, 0.3) is 0 Å². The third-order valence-electron chi connectivity index (χ3n) is 5.45. The normalized spacial score (nSPS) is 22.3. The maximum atomic E-state index is 12.9. The second kappa shape index (κ2) is 7.14. The molecular formula is C21H22N2O5. The predicted molar refractivity (Wildman–Crippen MR) is 99.7 cm³/mol. The molecule has 28 heavy (non-hydrogen) atoms. The van der Waals surface area contributed by atoms with E-state index in [2.05, 4.69) is 5.32 Å². The maximum absolute atomic E-state index is 12.9. The average Bonchev–Trinajstić information content (AvgIpc) is 3.23. The zero-order valence-corrected chi connectivity index (χ0v) is 15.6. The highest BCUT2D eigenvalue weighted by Gasteiger charge is 2.43. The molecule has 1 atom stereocenters. The van der Waals surface area contributed by atoms with Crippen molar-refractivity contribution in [2.45, 2.75) is 37.8 Å². The number of carbonyl (C=O) groups is 3. The molecular weight excluding hydrogens is 360 g/mol. The van der Waals surface area contributed by atoms with Gasteiger partial charge in [-0.25, -0.2) is 4.79 Å². The van der Waals surface area contributed by atoms with Crippen molar-refractivity contribution in [3.63, 3.8) is 0 Å². The van der Waals surface area contributed by atoms with E-state index in [0.717, 1.165) is 5.56 Å². The molecule has 2 aliphatic rings. The molecule has 0 spiro atoms. The van der Waals surface area contributed by atoms with Crippen LogP contribution in [-0.2, 0) is 16.0 Å². The largest absolute Gasteiger partial charge is 0.472 e. The lowest BCUT2D eigenvalue weighted by Crippen LogP contribution is -2.56. The number of amides is 2. The molecule has 0 bridgehead atoms. The molecule has 1 N–H and O–H groups in total. The first kappa shape index (κ1) is 18.3. The Bertz CT molecular complexity index is 899. The highest BCUT2D eigenvalue weighted by atomic mass is 16.6. The standard InChI is InChI=1S/C21H22N2O5/c1-21(12-14-4-2-3-5-17(14)19(25)28-21)20(26)22-16-6-9-23(10-7-16)18(24)15-8-11-27-13-15/h2-5,8,11,13,16H,6-7,9-10,12H2,1H3,(H,22,26)/t21-/m1/s1. The molecule has 7 heteroatoms. The Morgan fingerprint density at radius 2 is 1.93 bits per heavy atom. The number of furan rings is 1. The maximum Gasteiger partial charge on any atom is 0.339 e. The number of carbonyl (C=O) groups excluding carboxylic acids is 3. The summed E-state index contributed by atoms with van der Waals surface area (Å²) in [4.78, 5) is 39.3. The van der Waals surface area contributed by atoms with Crippen LogP contribution in [0, 0.1) is 0 Å². The van der Waals surface area contributed by atoms with Gasteiger partial charge in [0.1, 0.15) is 6.26 Å². The highest BCUT2D eigenvalue weighted by molar-refractivity contribution is 5.97. The average molecular weight is 382 g/mol. The van der Waals surface area contributed by atoms with E-state index in [1.165, 1.54) is 12.5 Å². The van der Waals surface area contributed by atoms with Crippen molar-refractivity contribution in [2.75, 3.05) is 13.1 Å². The first-order valence-electron chi connectivity index (χ1n) is 9.40. The third kappa shape index (κ3) is 3.40. The molecule has 0 unspecified atom stereocenters. The van der Waals surface area contributed by atoms with E-state index in [1.54, 1.807) is 30.0 Å². The second-order valence-corrected chi connectivity index (χ2v) is 7.51.